The molecule has 0 bridgehead atoms. The Labute approximate surface area is 82.2 Å². The highest BCUT2D eigenvalue weighted by molar-refractivity contribution is 4.86. The lowest BCUT2D eigenvalue weighted by Crippen LogP contribution is -2.18. The van der Waals surface area contributed by atoms with Gasteiger partial charge in [-0.1, -0.05) is 26.3 Å². The molecule has 0 aromatic heterocycles. The van der Waals surface area contributed by atoms with Crippen molar-refractivity contribution in [1.82, 2.24) is 0 Å². The van der Waals surface area contributed by atoms with E-state index in [1.54, 1.807) is 0 Å². The number of allylic oxidation sites excluding steroid dienone is 1. The second kappa shape index (κ2) is 4.80. The molecule has 1 aliphatic rings. The summed E-state index contributed by atoms with van der Waals surface area (Å²) in [5.74, 6) is 1.48. The third-order valence-electron chi connectivity index (χ3n) is 3.41. The van der Waals surface area contributed by atoms with Gasteiger partial charge in [-0.15, -0.1) is 6.58 Å². The molecule has 0 aliphatic carbocycles. The lowest BCUT2D eigenvalue weighted by Gasteiger charge is -2.18. The van der Waals surface area contributed by atoms with Crippen LogP contribution in [0.1, 0.15) is 40.0 Å². The zero-order valence-corrected chi connectivity index (χ0v) is 9.12. The van der Waals surface area contributed by atoms with Crippen LogP contribution in [0.5, 0.6) is 0 Å². The molecule has 1 rings (SSSR count). The minimum Gasteiger partial charge on any atom is -0.375 e. The highest BCUT2D eigenvalue weighted by Gasteiger charge is 2.37. The highest BCUT2D eigenvalue weighted by atomic mass is 16.5. The molecule has 0 N–H and O–H groups in total. The van der Waals surface area contributed by atoms with E-state index in [-0.39, 0.29) is 0 Å². The molecule has 1 heteroatoms. The molecular weight excluding hydrogens is 160 g/mol. The Hall–Kier alpha value is -0.300. The third-order valence-corrected chi connectivity index (χ3v) is 3.41. The second-order valence-electron chi connectivity index (χ2n) is 4.18. The van der Waals surface area contributed by atoms with E-state index in [1.165, 1.54) is 6.42 Å². The molecule has 13 heavy (non-hydrogen) atoms. The van der Waals surface area contributed by atoms with E-state index < -0.39 is 0 Å². The quantitative estimate of drug-likeness (QED) is 0.605. The van der Waals surface area contributed by atoms with Gasteiger partial charge in [-0.05, 0) is 31.6 Å². The van der Waals surface area contributed by atoms with Gasteiger partial charge in [0.05, 0.1) is 12.2 Å². The summed E-state index contributed by atoms with van der Waals surface area (Å²) in [7, 11) is 0. The van der Waals surface area contributed by atoms with E-state index in [1.807, 2.05) is 6.08 Å². The van der Waals surface area contributed by atoms with Gasteiger partial charge < -0.3 is 4.74 Å². The normalized spacial score (nSPS) is 39.3. The molecule has 4 atom stereocenters. The van der Waals surface area contributed by atoms with Gasteiger partial charge in [0.25, 0.3) is 0 Å². The maximum Gasteiger partial charge on any atom is 0.0613 e. The smallest absolute Gasteiger partial charge is 0.0613 e. The fourth-order valence-electron chi connectivity index (χ4n) is 2.39. The molecular formula is C12H22O. The number of rotatable bonds is 4. The summed E-state index contributed by atoms with van der Waals surface area (Å²) in [6.07, 6.45) is 6.39. The molecule has 0 aromatic carbocycles. The molecule has 76 valence electrons. The van der Waals surface area contributed by atoms with E-state index in [0.29, 0.717) is 12.2 Å². The first kappa shape index (κ1) is 10.8. The Kier molecular flexibility index (Phi) is 3.98. The third kappa shape index (κ3) is 2.34. The van der Waals surface area contributed by atoms with Crippen LogP contribution >= 0.6 is 0 Å². The maximum atomic E-state index is 5.93. The first-order valence-corrected chi connectivity index (χ1v) is 5.47. The Morgan fingerprint density at radius 1 is 1.38 bits per heavy atom. The number of hydrogen-bond donors (Lipinski definition) is 0. The molecule has 4 unspecified atom stereocenters. The van der Waals surface area contributed by atoms with Crippen LogP contribution in [0.25, 0.3) is 0 Å². The van der Waals surface area contributed by atoms with E-state index >= 15 is 0 Å². The summed E-state index contributed by atoms with van der Waals surface area (Å²) < 4.78 is 5.93. The minimum atomic E-state index is 0.444. The van der Waals surface area contributed by atoms with Crippen molar-refractivity contribution in [2.45, 2.75) is 52.2 Å². The van der Waals surface area contributed by atoms with Crippen LogP contribution in [0.3, 0.4) is 0 Å². The molecule has 1 heterocycles. The average Bonchev–Trinajstić information content (AvgIpc) is 2.39. The molecule has 1 aliphatic heterocycles. The van der Waals surface area contributed by atoms with E-state index in [0.717, 1.165) is 24.7 Å². The van der Waals surface area contributed by atoms with Gasteiger partial charge in [0.2, 0.25) is 0 Å². The van der Waals surface area contributed by atoms with E-state index in [9.17, 15) is 0 Å². The van der Waals surface area contributed by atoms with Crippen molar-refractivity contribution in [2.24, 2.45) is 11.8 Å². The monoisotopic (exact) mass is 182 g/mol. The number of hydrogen-bond acceptors (Lipinski definition) is 1. The van der Waals surface area contributed by atoms with Crippen molar-refractivity contribution in [3.63, 3.8) is 0 Å². The van der Waals surface area contributed by atoms with Crippen LogP contribution in [0, 0.1) is 11.8 Å². The topological polar surface area (TPSA) is 9.23 Å². The Bertz CT molecular complexity index is 165. The predicted molar refractivity (Wildman–Crippen MR) is 56.7 cm³/mol. The SMILES string of the molecule is C=CCCC1OC(C)C(C)C1CC. The van der Waals surface area contributed by atoms with Gasteiger partial charge in [0.15, 0.2) is 0 Å². The predicted octanol–water partition coefficient (Wildman–Crippen LogP) is 3.40. The summed E-state index contributed by atoms with van der Waals surface area (Å²) in [6.45, 7) is 10.5. The molecule has 0 spiro atoms. The maximum absolute atomic E-state index is 5.93. The van der Waals surface area contributed by atoms with Gasteiger partial charge in [0, 0.05) is 0 Å². The van der Waals surface area contributed by atoms with E-state index in [2.05, 4.69) is 27.4 Å². The van der Waals surface area contributed by atoms with Crippen molar-refractivity contribution in [3.8, 4) is 0 Å². The summed E-state index contributed by atoms with van der Waals surface area (Å²) in [5, 5.41) is 0. The van der Waals surface area contributed by atoms with Crippen molar-refractivity contribution in [2.75, 3.05) is 0 Å². The molecule has 0 saturated carbocycles. The molecule has 1 saturated heterocycles. The van der Waals surface area contributed by atoms with Crippen molar-refractivity contribution in [3.05, 3.63) is 12.7 Å². The van der Waals surface area contributed by atoms with Crippen LogP contribution in [0.4, 0.5) is 0 Å². The molecule has 1 nitrogen and oxygen atoms in total. The zero-order chi connectivity index (χ0) is 9.84. The van der Waals surface area contributed by atoms with Crippen LogP contribution in [-0.4, -0.2) is 12.2 Å². The van der Waals surface area contributed by atoms with Crippen molar-refractivity contribution in [1.29, 1.82) is 0 Å². The first-order chi connectivity index (χ1) is 6.20. The van der Waals surface area contributed by atoms with Crippen molar-refractivity contribution < 1.29 is 4.74 Å². The Morgan fingerprint density at radius 3 is 2.62 bits per heavy atom. The summed E-state index contributed by atoms with van der Waals surface area (Å²) >= 11 is 0. The lowest BCUT2D eigenvalue weighted by molar-refractivity contribution is 0.0352. The minimum absolute atomic E-state index is 0.444. The fourth-order valence-corrected chi connectivity index (χ4v) is 2.39. The summed E-state index contributed by atoms with van der Waals surface area (Å²) in [5.41, 5.74) is 0. The largest absolute Gasteiger partial charge is 0.375 e. The van der Waals surface area contributed by atoms with E-state index in [4.69, 9.17) is 4.74 Å². The second-order valence-corrected chi connectivity index (χ2v) is 4.18. The van der Waals surface area contributed by atoms with Crippen LogP contribution < -0.4 is 0 Å². The Balaban J connectivity index is 2.49. The molecule has 0 aromatic rings. The first-order valence-electron chi connectivity index (χ1n) is 5.47. The molecule has 0 amide bonds. The summed E-state index contributed by atoms with van der Waals surface area (Å²) in [6, 6.07) is 0. The van der Waals surface area contributed by atoms with Gasteiger partial charge in [-0.25, -0.2) is 0 Å². The highest BCUT2D eigenvalue weighted by Crippen LogP contribution is 2.36. The molecule has 1 fully saturated rings. The lowest BCUT2D eigenvalue weighted by atomic mass is 9.85. The summed E-state index contributed by atoms with van der Waals surface area (Å²) in [4.78, 5) is 0. The van der Waals surface area contributed by atoms with Gasteiger partial charge in [-0.3, -0.25) is 0 Å². The fraction of sp³-hybridized carbons (Fsp3) is 0.833. The number of ether oxygens (including phenoxy) is 1. The van der Waals surface area contributed by atoms with Crippen LogP contribution in [-0.2, 0) is 4.74 Å². The van der Waals surface area contributed by atoms with Crippen LogP contribution in [0.2, 0.25) is 0 Å². The Morgan fingerprint density at radius 2 is 2.08 bits per heavy atom. The van der Waals surface area contributed by atoms with Crippen molar-refractivity contribution >= 4 is 0 Å². The standard InChI is InChI=1S/C12H22O/c1-5-7-8-12-11(6-2)9(3)10(4)13-12/h5,9-12H,1,6-8H2,2-4H3. The van der Waals surface area contributed by atoms with Crippen LogP contribution in [0.15, 0.2) is 12.7 Å². The van der Waals surface area contributed by atoms with Gasteiger partial charge in [-0.2, -0.15) is 0 Å². The molecule has 0 radical (unpaired) electrons. The van der Waals surface area contributed by atoms with Gasteiger partial charge >= 0.3 is 0 Å². The average molecular weight is 182 g/mol. The zero-order valence-electron chi connectivity index (χ0n) is 9.12. The van der Waals surface area contributed by atoms with Gasteiger partial charge in [0.1, 0.15) is 0 Å².